The molecule has 0 aliphatic heterocycles. The highest BCUT2D eigenvalue weighted by atomic mass is 16.6. The van der Waals surface area contributed by atoms with Crippen LogP contribution in [0, 0.1) is 10.1 Å². The van der Waals surface area contributed by atoms with Crippen LogP contribution >= 0.6 is 0 Å². The molecular weight excluding hydrogens is 226 g/mol. The lowest BCUT2D eigenvalue weighted by Gasteiger charge is -2.09. The van der Waals surface area contributed by atoms with E-state index < -0.39 is 4.92 Å². The molecule has 0 saturated carbocycles. The Morgan fingerprint density at radius 3 is 2.71 bits per heavy atom. The summed E-state index contributed by atoms with van der Waals surface area (Å²) >= 11 is 0. The van der Waals surface area contributed by atoms with Gasteiger partial charge in [-0.05, 0) is 13.0 Å². The third-order valence-electron chi connectivity index (χ3n) is 2.13. The molecule has 3 N–H and O–H groups in total. The van der Waals surface area contributed by atoms with Crippen molar-refractivity contribution in [3.05, 3.63) is 27.8 Å². The lowest BCUT2D eigenvalue weighted by atomic mass is 10.1. The molecule has 0 aliphatic rings. The van der Waals surface area contributed by atoms with E-state index in [1.54, 1.807) is 6.92 Å². The summed E-state index contributed by atoms with van der Waals surface area (Å²) in [6.45, 7) is 2.21. The van der Waals surface area contributed by atoms with Gasteiger partial charge in [-0.3, -0.25) is 14.9 Å². The number of hydrogen-bond donors (Lipinski definition) is 2. The van der Waals surface area contributed by atoms with E-state index in [1.165, 1.54) is 13.2 Å². The molecule has 0 fully saturated rings. The number of benzene rings is 1. The second-order valence-corrected chi connectivity index (χ2v) is 3.23. The normalized spacial score (nSPS) is 9.76. The zero-order chi connectivity index (χ0) is 13.0. The van der Waals surface area contributed by atoms with Crippen LogP contribution in [0.3, 0.4) is 0 Å². The average molecular weight is 239 g/mol. The predicted octanol–water partition coefficient (Wildman–Crippen LogP) is 0.935. The van der Waals surface area contributed by atoms with Crippen LogP contribution in [-0.2, 0) is 0 Å². The van der Waals surface area contributed by atoms with Crippen LogP contribution in [0.25, 0.3) is 0 Å². The number of nitrogens with two attached hydrogens (primary N) is 1. The zero-order valence-corrected chi connectivity index (χ0v) is 9.52. The monoisotopic (exact) mass is 239 g/mol. The summed E-state index contributed by atoms with van der Waals surface area (Å²) < 4.78 is 4.94. The van der Waals surface area contributed by atoms with Crippen molar-refractivity contribution >= 4 is 17.3 Å². The van der Waals surface area contributed by atoms with E-state index in [0.717, 1.165) is 6.07 Å². The summed E-state index contributed by atoms with van der Waals surface area (Å²) in [5, 5.41) is 13.2. The number of methoxy groups -OCH3 is 1. The molecule has 0 saturated heterocycles. The van der Waals surface area contributed by atoms with Crippen LogP contribution < -0.4 is 15.8 Å². The van der Waals surface area contributed by atoms with Crippen molar-refractivity contribution in [2.75, 3.05) is 19.4 Å². The second kappa shape index (κ2) is 5.15. The van der Waals surface area contributed by atoms with Gasteiger partial charge in [-0.25, -0.2) is 0 Å². The molecule has 1 amide bonds. The first kappa shape index (κ1) is 12.8. The van der Waals surface area contributed by atoms with Crippen LogP contribution in [0.1, 0.15) is 17.3 Å². The number of rotatable bonds is 4. The standard InChI is InChI=1S/C10H13N3O4/c1-3-12-10(14)6-4-7(11)8(13(15)16)5-9(6)17-2/h4-5H,3,11H2,1-2H3,(H,12,14). The molecule has 0 aromatic heterocycles. The highest BCUT2D eigenvalue weighted by molar-refractivity contribution is 5.98. The minimum Gasteiger partial charge on any atom is -0.496 e. The summed E-state index contributed by atoms with van der Waals surface area (Å²) in [5.74, 6) is -0.261. The topological polar surface area (TPSA) is 107 Å². The Morgan fingerprint density at radius 1 is 1.59 bits per heavy atom. The van der Waals surface area contributed by atoms with Gasteiger partial charge in [0.05, 0.1) is 23.7 Å². The van der Waals surface area contributed by atoms with Gasteiger partial charge >= 0.3 is 0 Å². The first-order chi connectivity index (χ1) is 8.01. The largest absolute Gasteiger partial charge is 0.496 e. The van der Waals surface area contributed by atoms with E-state index in [4.69, 9.17) is 10.5 Å². The van der Waals surface area contributed by atoms with Gasteiger partial charge in [0.15, 0.2) is 0 Å². The van der Waals surface area contributed by atoms with Gasteiger partial charge in [0, 0.05) is 6.54 Å². The van der Waals surface area contributed by atoms with Gasteiger partial charge < -0.3 is 15.8 Å². The molecule has 7 heteroatoms. The molecular formula is C10H13N3O4. The van der Waals surface area contributed by atoms with Gasteiger partial charge in [0.1, 0.15) is 11.4 Å². The first-order valence-electron chi connectivity index (χ1n) is 4.91. The maximum atomic E-state index is 11.6. The van der Waals surface area contributed by atoms with Gasteiger partial charge in [-0.15, -0.1) is 0 Å². The lowest BCUT2D eigenvalue weighted by Crippen LogP contribution is -2.23. The van der Waals surface area contributed by atoms with Gasteiger partial charge in [-0.2, -0.15) is 0 Å². The van der Waals surface area contributed by atoms with E-state index in [1.807, 2.05) is 0 Å². The van der Waals surface area contributed by atoms with Crippen molar-refractivity contribution in [3.63, 3.8) is 0 Å². The quantitative estimate of drug-likeness (QED) is 0.461. The van der Waals surface area contributed by atoms with E-state index in [9.17, 15) is 14.9 Å². The third-order valence-corrected chi connectivity index (χ3v) is 2.13. The number of carbonyl (C=O) groups is 1. The Balaban J connectivity index is 3.28. The maximum absolute atomic E-state index is 11.6. The Morgan fingerprint density at radius 2 is 2.24 bits per heavy atom. The molecule has 0 bridgehead atoms. The Kier molecular flexibility index (Phi) is 3.86. The average Bonchev–Trinajstić information content (AvgIpc) is 2.28. The number of amides is 1. The number of nitrogen functional groups attached to an aromatic ring is 1. The van der Waals surface area contributed by atoms with Crippen LogP contribution in [0.4, 0.5) is 11.4 Å². The number of nitro benzene ring substituents is 1. The summed E-state index contributed by atoms with van der Waals surface area (Å²) in [5.41, 5.74) is 5.33. The van der Waals surface area contributed by atoms with Crippen molar-refractivity contribution in [2.24, 2.45) is 0 Å². The first-order valence-corrected chi connectivity index (χ1v) is 4.91. The highest BCUT2D eigenvalue weighted by Gasteiger charge is 2.20. The smallest absolute Gasteiger partial charge is 0.295 e. The molecule has 0 spiro atoms. The fourth-order valence-electron chi connectivity index (χ4n) is 1.35. The Hall–Kier alpha value is -2.31. The number of nitrogens with zero attached hydrogens (tertiary/aromatic N) is 1. The molecule has 1 rings (SSSR count). The fraction of sp³-hybridized carbons (Fsp3) is 0.300. The highest BCUT2D eigenvalue weighted by Crippen LogP contribution is 2.30. The van der Waals surface area contributed by atoms with Gasteiger partial charge in [0.2, 0.25) is 0 Å². The number of hydrogen-bond acceptors (Lipinski definition) is 5. The molecule has 0 unspecified atom stereocenters. The van der Waals surface area contributed by atoms with Crippen molar-refractivity contribution in [3.8, 4) is 5.75 Å². The minimum absolute atomic E-state index is 0.0722. The van der Waals surface area contributed by atoms with E-state index in [-0.39, 0.29) is 28.6 Å². The molecule has 0 radical (unpaired) electrons. The minimum atomic E-state index is -0.626. The van der Waals surface area contributed by atoms with Crippen LogP contribution in [0.2, 0.25) is 0 Å². The van der Waals surface area contributed by atoms with Gasteiger partial charge in [-0.1, -0.05) is 0 Å². The molecule has 1 aromatic rings. The molecule has 7 nitrogen and oxygen atoms in total. The van der Waals surface area contributed by atoms with Crippen LogP contribution in [0.15, 0.2) is 12.1 Å². The third kappa shape index (κ3) is 2.63. The maximum Gasteiger partial charge on any atom is 0.295 e. The van der Waals surface area contributed by atoms with Crippen LogP contribution in [-0.4, -0.2) is 24.5 Å². The predicted molar refractivity (Wildman–Crippen MR) is 62.1 cm³/mol. The molecule has 0 heterocycles. The zero-order valence-electron chi connectivity index (χ0n) is 9.52. The van der Waals surface area contributed by atoms with Crippen molar-refractivity contribution < 1.29 is 14.5 Å². The molecule has 17 heavy (non-hydrogen) atoms. The lowest BCUT2D eigenvalue weighted by molar-refractivity contribution is -0.384. The fourth-order valence-corrected chi connectivity index (χ4v) is 1.35. The molecule has 0 aliphatic carbocycles. The molecule has 0 atom stereocenters. The number of nitro groups is 1. The number of nitrogens with one attached hydrogen (secondary N) is 1. The van der Waals surface area contributed by atoms with E-state index in [0.29, 0.717) is 6.54 Å². The summed E-state index contributed by atoms with van der Waals surface area (Å²) in [7, 11) is 1.33. The van der Waals surface area contributed by atoms with E-state index >= 15 is 0 Å². The van der Waals surface area contributed by atoms with Gasteiger partial charge in [0.25, 0.3) is 11.6 Å². The number of ether oxygens (including phenoxy) is 1. The second-order valence-electron chi connectivity index (χ2n) is 3.23. The molecule has 92 valence electrons. The SMILES string of the molecule is CCNC(=O)c1cc(N)c([N+](=O)[O-])cc1OC. The van der Waals surface area contributed by atoms with Crippen molar-refractivity contribution in [1.29, 1.82) is 0 Å². The number of anilines is 1. The van der Waals surface area contributed by atoms with Crippen molar-refractivity contribution in [1.82, 2.24) is 5.32 Å². The Bertz CT molecular complexity index is 459. The van der Waals surface area contributed by atoms with Crippen LogP contribution in [0.5, 0.6) is 5.75 Å². The summed E-state index contributed by atoms with van der Waals surface area (Å²) in [4.78, 5) is 21.7. The Labute approximate surface area is 97.7 Å². The number of carbonyl (C=O) groups excluding carboxylic acids is 1. The van der Waals surface area contributed by atoms with E-state index in [2.05, 4.69) is 5.32 Å². The van der Waals surface area contributed by atoms with Crippen molar-refractivity contribution in [2.45, 2.75) is 6.92 Å². The summed E-state index contributed by atoms with van der Waals surface area (Å²) in [6, 6.07) is 2.38. The summed E-state index contributed by atoms with van der Waals surface area (Å²) in [6.07, 6.45) is 0. The molecule has 1 aromatic carbocycles.